The quantitative estimate of drug-likeness (QED) is 0.825. The van der Waals surface area contributed by atoms with Crippen LogP contribution in [-0.4, -0.2) is 29.0 Å². The highest BCUT2D eigenvalue weighted by molar-refractivity contribution is 5.22. The Hall–Kier alpha value is -1.13. The number of halogens is 1. The number of hydrogen-bond donors (Lipinski definition) is 2. The molecular formula is C14H23FO3. The summed E-state index contributed by atoms with van der Waals surface area (Å²) in [7, 11) is 0. The molecule has 2 N–H and O–H groups in total. The molecule has 0 saturated carbocycles. The fourth-order valence-electron chi connectivity index (χ4n) is 1.24. The molecule has 1 unspecified atom stereocenters. The molecule has 0 amide bonds. The van der Waals surface area contributed by atoms with E-state index < -0.39 is 12.2 Å². The van der Waals surface area contributed by atoms with Crippen molar-refractivity contribution < 1.29 is 19.3 Å². The molecule has 1 aromatic rings. The van der Waals surface area contributed by atoms with Gasteiger partial charge in [-0.3, -0.25) is 0 Å². The van der Waals surface area contributed by atoms with Crippen molar-refractivity contribution in [3.63, 3.8) is 0 Å². The van der Waals surface area contributed by atoms with Gasteiger partial charge in [-0.15, -0.1) is 0 Å². The van der Waals surface area contributed by atoms with Crippen molar-refractivity contribution in [2.75, 3.05) is 6.61 Å². The van der Waals surface area contributed by atoms with E-state index in [1.807, 2.05) is 13.8 Å². The van der Waals surface area contributed by atoms with Gasteiger partial charge in [0.1, 0.15) is 18.2 Å². The van der Waals surface area contributed by atoms with Gasteiger partial charge in [-0.2, -0.15) is 0 Å². The Morgan fingerprint density at radius 3 is 2.17 bits per heavy atom. The van der Waals surface area contributed by atoms with E-state index in [-0.39, 0.29) is 12.4 Å². The molecule has 0 heterocycles. The third-order valence-corrected chi connectivity index (χ3v) is 2.17. The summed E-state index contributed by atoms with van der Waals surface area (Å²) in [5.41, 5.74) is 0. The van der Waals surface area contributed by atoms with Crippen LogP contribution in [0.15, 0.2) is 24.3 Å². The van der Waals surface area contributed by atoms with Gasteiger partial charge >= 0.3 is 0 Å². The summed E-state index contributed by atoms with van der Waals surface area (Å²) >= 11 is 0. The molecule has 0 aliphatic heterocycles. The van der Waals surface area contributed by atoms with Crippen LogP contribution in [0.1, 0.15) is 33.6 Å². The molecule has 1 aromatic carbocycles. The molecule has 4 heteroatoms. The minimum atomic E-state index is -0.611. The highest BCUT2D eigenvalue weighted by Gasteiger charge is 2.07. The van der Waals surface area contributed by atoms with Crippen LogP contribution in [0, 0.1) is 5.82 Å². The molecule has 2 atom stereocenters. The van der Waals surface area contributed by atoms with Crippen LogP contribution >= 0.6 is 0 Å². The summed E-state index contributed by atoms with van der Waals surface area (Å²) in [5, 5.41) is 18.5. The van der Waals surface area contributed by atoms with E-state index in [4.69, 9.17) is 9.84 Å². The normalized spacial score (nSPS) is 13.2. The number of rotatable bonds is 6. The number of benzene rings is 1. The number of aliphatic hydroxyl groups excluding tert-OH is 2. The van der Waals surface area contributed by atoms with Crippen molar-refractivity contribution in [1.82, 2.24) is 0 Å². The second-order valence-corrected chi connectivity index (χ2v) is 3.85. The van der Waals surface area contributed by atoms with Crippen molar-refractivity contribution in [1.29, 1.82) is 0 Å². The molecule has 1 rings (SSSR count). The van der Waals surface area contributed by atoms with Gasteiger partial charge in [0.25, 0.3) is 0 Å². The smallest absolute Gasteiger partial charge is 0.123 e. The van der Waals surface area contributed by atoms with Gasteiger partial charge in [-0.1, -0.05) is 13.8 Å². The Morgan fingerprint density at radius 1 is 1.11 bits per heavy atom. The lowest BCUT2D eigenvalue weighted by atomic mass is 10.1. The maximum absolute atomic E-state index is 12.6. The summed E-state index contributed by atoms with van der Waals surface area (Å²) in [5.74, 6) is 0.208. The molecular weight excluding hydrogens is 235 g/mol. The van der Waals surface area contributed by atoms with E-state index in [9.17, 15) is 9.50 Å². The summed E-state index contributed by atoms with van der Waals surface area (Å²) in [6.45, 7) is 5.83. The maximum atomic E-state index is 12.6. The topological polar surface area (TPSA) is 49.7 Å². The van der Waals surface area contributed by atoms with E-state index in [1.54, 1.807) is 6.92 Å². The second-order valence-electron chi connectivity index (χ2n) is 3.85. The minimum absolute atomic E-state index is 0.151. The first-order valence-electron chi connectivity index (χ1n) is 6.32. The van der Waals surface area contributed by atoms with Crippen molar-refractivity contribution in [3.8, 4) is 5.75 Å². The molecule has 0 saturated heterocycles. The Kier molecular flexibility index (Phi) is 9.24. The first-order valence-corrected chi connectivity index (χ1v) is 6.32. The average Bonchev–Trinajstić information content (AvgIpc) is 2.38. The zero-order chi connectivity index (χ0) is 14.0. The predicted molar refractivity (Wildman–Crippen MR) is 70.2 cm³/mol. The zero-order valence-corrected chi connectivity index (χ0v) is 11.3. The molecule has 0 fully saturated rings. The molecule has 0 aromatic heterocycles. The van der Waals surface area contributed by atoms with Crippen LogP contribution in [0.2, 0.25) is 0 Å². The van der Waals surface area contributed by atoms with Gasteiger partial charge in [0.15, 0.2) is 0 Å². The lowest BCUT2D eigenvalue weighted by Gasteiger charge is -2.13. The molecule has 3 nitrogen and oxygen atoms in total. The van der Waals surface area contributed by atoms with Gasteiger partial charge in [0.05, 0.1) is 12.2 Å². The van der Waals surface area contributed by atoms with Crippen LogP contribution in [-0.2, 0) is 0 Å². The van der Waals surface area contributed by atoms with E-state index in [2.05, 4.69) is 0 Å². The van der Waals surface area contributed by atoms with Crippen LogP contribution in [0.25, 0.3) is 0 Å². The standard InChI is InChI=1S/C12H17FO3.C2H6/c1-9(14)2-5-11(15)8-16-12-6-3-10(13)4-7-12;1-2/h3-4,6-7,9,11,14-15H,2,5,8H2,1H3;1-2H3/t9?,11-;/m0./s1. The molecule has 0 aliphatic carbocycles. The third-order valence-electron chi connectivity index (χ3n) is 2.17. The van der Waals surface area contributed by atoms with Crippen molar-refractivity contribution in [2.45, 2.75) is 45.8 Å². The van der Waals surface area contributed by atoms with Crippen molar-refractivity contribution in [2.24, 2.45) is 0 Å². The van der Waals surface area contributed by atoms with Crippen molar-refractivity contribution >= 4 is 0 Å². The molecule has 0 spiro atoms. The van der Waals surface area contributed by atoms with Gasteiger partial charge in [0, 0.05) is 0 Å². The number of hydrogen-bond acceptors (Lipinski definition) is 3. The van der Waals surface area contributed by atoms with E-state index >= 15 is 0 Å². The number of ether oxygens (including phenoxy) is 1. The van der Waals surface area contributed by atoms with Gasteiger partial charge in [0.2, 0.25) is 0 Å². The highest BCUT2D eigenvalue weighted by atomic mass is 19.1. The molecule has 0 radical (unpaired) electrons. The fourth-order valence-corrected chi connectivity index (χ4v) is 1.24. The number of aliphatic hydroxyl groups is 2. The molecule has 18 heavy (non-hydrogen) atoms. The van der Waals surface area contributed by atoms with Gasteiger partial charge in [-0.05, 0) is 44.0 Å². The molecule has 104 valence electrons. The minimum Gasteiger partial charge on any atom is -0.491 e. The van der Waals surface area contributed by atoms with E-state index in [0.717, 1.165) is 0 Å². The summed E-state index contributed by atoms with van der Waals surface area (Å²) < 4.78 is 17.8. The first kappa shape index (κ1) is 16.9. The Bertz CT molecular complexity index is 298. The maximum Gasteiger partial charge on any atom is 0.123 e. The monoisotopic (exact) mass is 258 g/mol. The summed E-state index contributed by atoms with van der Waals surface area (Å²) in [4.78, 5) is 0. The van der Waals surface area contributed by atoms with Gasteiger partial charge in [-0.25, -0.2) is 4.39 Å². The second kappa shape index (κ2) is 9.85. The fraction of sp³-hybridized carbons (Fsp3) is 0.571. The van der Waals surface area contributed by atoms with Crippen molar-refractivity contribution in [3.05, 3.63) is 30.1 Å². The lowest BCUT2D eigenvalue weighted by molar-refractivity contribution is 0.0809. The Balaban J connectivity index is 0.00000137. The highest BCUT2D eigenvalue weighted by Crippen LogP contribution is 2.12. The van der Waals surface area contributed by atoms with Crippen LogP contribution in [0.3, 0.4) is 0 Å². The van der Waals surface area contributed by atoms with Gasteiger partial charge < -0.3 is 14.9 Å². The zero-order valence-electron chi connectivity index (χ0n) is 11.3. The summed E-state index contributed by atoms with van der Waals surface area (Å²) in [6, 6.07) is 5.63. The molecule has 0 aliphatic rings. The first-order chi connectivity index (χ1) is 8.58. The Morgan fingerprint density at radius 2 is 1.67 bits per heavy atom. The van der Waals surface area contributed by atoms with Crippen LogP contribution < -0.4 is 4.74 Å². The average molecular weight is 258 g/mol. The van der Waals surface area contributed by atoms with E-state index in [0.29, 0.717) is 18.6 Å². The van der Waals surface area contributed by atoms with E-state index in [1.165, 1.54) is 24.3 Å². The van der Waals surface area contributed by atoms with Crippen LogP contribution in [0.5, 0.6) is 5.75 Å². The molecule has 0 bridgehead atoms. The largest absolute Gasteiger partial charge is 0.491 e. The lowest BCUT2D eigenvalue weighted by Crippen LogP contribution is -2.19. The third kappa shape index (κ3) is 8.03. The summed E-state index contributed by atoms with van der Waals surface area (Å²) in [6.07, 6.45) is -0.00702. The van der Waals surface area contributed by atoms with Crippen LogP contribution in [0.4, 0.5) is 4.39 Å². The predicted octanol–water partition coefficient (Wildman–Crippen LogP) is 2.75. The SMILES string of the molecule is CC.CC(O)CC[C@H](O)COc1ccc(F)cc1. The Labute approximate surface area is 108 Å².